The monoisotopic (exact) mass is 621 g/mol. The molecule has 0 spiro atoms. The number of nitrogens with zero attached hydrogens (tertiary/aromatic N) is 1. The van der Waals surface area contributed by atoms with Gasteiger partial charge in [-0.25, -0.2) is 9.59 Å². The summed E-state index contributed by atoms with van der Waals surface area (Å²) in [5.74, 6) is -1.68. The minimum Gasteiger partial charge on any atom is -0.496 e. The van der Waals surface area contributed by atoms with Crippen molar-refractivity contribution in [3.05, 3.63) is 47.5 Å². The molecular formula is C28H33F6N3O6. The third-order valence-electron chi connectivity index (χ3n) is 7.83. The maximum Gasteiger partial charge on any atom is 0.490 e. The van der Waals surface area contributed by atoms with E-state index in [4.69, 9.17) is 24.1 Å². The standard InChI is InChI=1S/C26H32F3N3O4.C2HF3O2/c1-32-12-11-25(16-5-7-21(35-3)22(13-16)36-4)10-9-18(15-23(25)32)31-24(33)30-17-6-8-20(34-2)19(14-17)26(27,28)29;3-2(4,5)1(6)7/h5-8,13-14,18,23H,9-12,15H2,1-4H3,(H2,30,31,33);(H,6,7). The first-order valence-corrected chi connectivity index (χ1v) is 13.1. The summed E-state index contributed by atoms with van der Waals surface area (Å²) in [6.45, 7) is 0.935. The Bertz CT molecular complexity index is 1300. The van der Waals surface area contributed by atoms with Gasteiger partial charge in [0.15, 0.2) is 11.5 Å². The average Bonchev–Trinajstić information content (AvgIpc) is 3.28. The average molecular weight is 622 g/mol. The molecule has 1 aliphatic carbocycles. The van der Waals surface area contributed by atoms with Gasteiger partial charge in [-0.15, -0.1) is 0 Å². The number of methoxy groups -OCH3 is 3. The number of carboxylic acid groups (broad SMARTS) is 1. The molecule has 1 saturated heterocycles. The number of fused-ring (bicyclic) bond motifs is 1. The van der Waals surface area contributed by atoms with Gasteiger partial charge in [0.1, 0.15) is 5.75 Å². The quantitative estimate of drug-likeness (QED) is 0.356. The Morgan fingerprint density at radius 2 is 1.53 bits per heavy atom. The van der Waals surface area contributed by atoms with Crippen LogP contribution in [0.25, 0.3) is 0 Å². The summed E-state index contributed by atoms with van der Waals surface area (Å²) in [6.07, 6.45) is -6.33. The number of amides is 2. The maximum atomic E-state index is 13.3. The Kier molecular flexibility index (Phi) is 10.3. The number of carbonyl (C=O) groups excluding carboxylic acids is 1. The first-order chi connectivity index (χ1) is 20.0. The SMILES string of the molecule is COc1ccc(C23CCC(NC(=O)Nc4ccc(OC)c(C(F)(F)F)c4)CC2N(C)CC3)cc1OC.O=C(O)C(F)(F)F. The Balaban J connectivity index is 0.000000646. The largest absolute Gasteiger partial charge is 0.496 e. The summed E-state index contributed by atoms with van der Waals surface area (Å²) in [6, 6.07) is 9.11. The minimum absolute atomic E-state index is 0.0501. The van der Waals surface area contributed by atoms with Gasteiger partial charge >= 0.3 is 24.4 Å². The number of hydrogen-bond donors (Lipinski definition) is 3. The minimum atomic E-state index is -5.08. The number of alkyl halides is 6. The number of likely N-dealkylation sites (N-methyl/N-ethyl adjacent to an activating group) is 1. The number of rotatable bonds is 6. The van der Waals surface area contributed by atoms with Crippen LogP contribution in [0.5, 0.6) is 17.2 Å². The van der Waals surface area contributed by atoms with E-state index in [9.17, 15) is 31.1 Å². The van der Waals surface area contributed by atoms with Crippen LogP contribution in [0.3, 0.4) is 0 Å². The van der Waals surface area contributed by atoms with Gasteiger partial charge in [-0.05, 0) is 75.2 Å². The van der Waals surface area contributed by atoms with Crippen LogP contribution in [0.4, 0.5) is 36.8 Å². The molecule has 43 heavy (non-hydrogen) atoms. The summed E-state index contributed by atoms with van der Waals surface area (Å²) in [4.78, 5) is 23.9. The highest BCUT2D eigenvalue weighted by Crippen LogP contribution is 2.50. The zero-order valence-electron chi connectivity index (χ0n) is 23.9. The number of carbonyl (C=O) groups is 2. The second kappa shape index (κ2) is 13.2. The van der Waals surface area contributed by atoms with E-state index in [0.717, 1.165) is 38.3 Å². The lowest BCUT2D eigenvalue weighted by atomic mass is 9.65. The molecule has 3 atom stereocenters. The molecule has 238 valence electrons. The normalized spacial score (nSPS) is 22.0. The fraction of sp³-hybridized carbons (Fsp3) is 0.500. The van der Waals surface area contributed by atoms with Crippen LogP contribution in [0.2, 0.25) is 0 Å². The number of aliphatic carboxylic acids is 1. The molecule has 15 heteroatoms. The molecular weight excluding hydrogens is 588 g/mol. The van der Waals surface area contributed by atoms with Gasteiger partial charge in [-0.2, -0.15) is 26.3 Å². The topological polar surface area (TPSA) is 109 Å². The molecule has 2 amide bonds. The van der Waals surface area contributed by atoms with E-state index in [1.54, 1.807) is 14.2 Å². The third-order valence-corrected chi connectivity index (χ3v) is 7.83. The van der Waals surface area contributed by atoms with Gasteiger partial charge in [0.2, 0.25) is 0 Å². The van der Waals surface area contributed by atoms with Gasteiger partial charge in [-0.1, -0.05) is 6.07 Å². The highest BCUT2D eigenvalue weighted by molar-refractivity contribution is 5.89. The molecule has 0 aromatic heterocycles. The van der Waals surface area contributed by atoms with Crippen molar-refractivity contribution in [3.8, 4) is 17.2 Å². The van der Waals surface area contributed by atoms with Crippen molar-refractivity contribution >= 4 is 17.7 Å². The van der Waals surface area contributed by atoms with Crippen molar-refractivity contribution < 1.29 is 55.2 Å². The summed E-state index contributed by atoms with van der Waals surface area (Å²) >= 11 is 0. The second-order valence-corrected chi connectivity index (χ2v) is 10.3. The summed E-state index contributed by atoms with van der Waals surface area (Å²) in [5, 5.41) is 12.6. The predicted octanol–water partition coefficient (Wildman–Crippen LogP) is 5.68. The number of benzene rings is 2. The molecule has 4 rings (SSSR count). The molecule has 2 aliphatic rings. The number of ether oxygens (including phenoxy) is 3. The van der Waals surface area contributed by atoms with E-state index in [-0.39, 0.29) is 28.9 Å². The smallest absolute Gasteiger partial charge is 0.490 e. The van der Waals surface area contributed by atoms with Crippen LogP contribution in [-0.2, 0) is 16.4 Å². The van der Waals surface area contributed by atoms with Crippen LogP contribution in [0.1, 0.15) is 36.8 Å². The molecule has 3 unspecified atom stereocenters. The summed E-state index contributed by atoms with van der Waals surface area (Å²) in [7, 11) is 6.50. The number of carboxylic acids is 1. The molecule has 1 heterocycles. The molecule has 2 fully saturated rings. The molecule has 1 saturated carbocycles. The van der Waals surface area contributed by atoms with Crippen LogP contribution < -0.4 is 24.8 Å². The molecule has 1 aliphatic heterocycles. The Hall–Kier alpha value is -3.88. The van der Waals surface area contributed by atoms with Gasteiger partial charge in [0.25, 0.3) is 0 Å². The Labute approximate surface area is 244 Å². The highest BCUT2D eigenvalue weighted by Gasteiger charge is 2.50. The zero-order valence-corrected chi connectivity index (χ0v) is 23.9. The van der Waals surface area contributed by atoms with E-state index in [1.165, 1.54) is 24.8 Å². The number of nitrogens with one attached hydrogen (secondary N) is 2. The van der Waals surface area contributed by atoms with E-state index < -0.39 is 29.9 Å². The van der Waals surface area contributed by atoms with Crippen molar-refractivity contribution in [1.82, 2.24) is 10.2 Å². The van der Waals surface area contributed by atoms with E-state index in [2.05, 4.69) is 28.6 Å². The molecule has 0 bridgehead atoms. The highest BCUT2D eigenvalue weighted by atomic mass is 19.4. The van der Waals surface area contributed by atoms with Crippen molar-refractivity contribution in [2.75, 3.05) is 40.2 Å². The lowest BCUT2D eigenvalue weighted by Gasteiger charge is -2.45. The van der Waals surface area contributed by atoms with Crippen LogP contribution >= 0.6 is 0 Å². The Morgan fingerprint density at radius 3 is 2.09 bits per heavy atom. The van der Waals surface area contributed by atoms with Crippen LogP contribution in [-0.4, -0.2) is 75.2 Å². The van der Waals surface area contributed by atoms with Crippen LogP contribution in [0, 0.1) is 0 Å². The number of urea groups is 1. The van der Waals surface area contributed by atoms with E-state index in [0.29, 0.717) is 11.5 Å². The van der Waals surface area contributed by atoms with Crippen molar-refractivity contribution in [2.45, 2.75) is 55.5 Å². The van der Waals surface area contributed by atoms with Gasteiger partial charge in [0.05, 0.1) is 26.9 Å². The molecule has 9 nitrogen and oxygen atoms in total. The van der Waals surface area contributed by atoms with Crippen molar-refractivity contribution in [3.63, 3.8) is 0 Å². The first kappa shape index (κ1) is 33.6. The fourth-order valence-corrected chi connectivity index (χ4v) is 5.75. The van der Waals surface area contributed by atoms with Gasteiger partial charge in [0, 0.05) is 23.2 Å². The summed E-state index contributed by atoms with van der Waals surface area (Å²) < 4.78 is 87.5. The number of anilines is 1. The van der Waals surface area contributed by atoms with Gasteiger partial charge in [-0.3, -0.25) is 0 Å². The molecule has 2 aromatic rings. The first-order valence-electron chi connectivity index (χ1n) is 13.1. The van der Waals surface area contributed by atoms with Gasteiger partial charge < -0.3 is 34.9 Å². The maximum absolute atomic E-state index is 13.3. The lowest BCUT2D eigenvalue weighted by Crippen LogP contribution is -2.52. The molecule has 3 N–H and O–H groups in total. The predicted molar refractivity (Wildman–Crippen MR) is 144 cm³/mol. The second-order valence-electron chi connectivity index (χ2n) is 10.3. The number of likely N-dealkylation sites (tertiary alicyclic amines) is 1. The molecule has 0 radical (unpaired) electrons. The molecule has 2 aromatic carbocycles. The Morgan fingerprint density at radius 1 is 0.930 bits per heavy atom. The lowest BCUT2D eigenvalue weighted by molar-refractivity contribution is -0.192. The summed E-state index contributed by atoms with van der Waals surface area (Å²) in [5.41, 5.74) is 0.234. The van der Waals surface area contributed by atoms with E-state index >= 15 is 0 Å². The van der Waals surface area contributed by atoms with Crippen molar-refractivity contribution in [1.29, 1.82) is 0 Å². The van der Waals surface area contributed by atoms with Crippen molar-refractivity contribution in [2.24, 2.45) is 0 Å². The number of hydrogen-bond acceptors (Lipinski definition) is 6. The third kappa shape index (κ3) is 7.75. The van der Waals surface area contributed by atoms with Crippen LogP contribution in [0.15, 0.2) is 36.4 Å². The number of halogens is 6. The zero-order chi connectivity index (χ0) is 32.2. The van der Waals surface area contributed by atoms with E-state index in [1.807, 2.05) is 12.1 Å². The fourth-order valence-electron chi connectivity index (χ4n) is 5.75.